The zero-order chi connectivity index (χ0) is 23.7. The smallest absolute Gasteiger partial charge is 0.321 e. The number of fused-ring (bicyclic) bond motifs is 3. The Morgan fingerprint density at radius 3 is 2.41 bits per heavy atom. The summed E-state index contributed by atoms with van der Waals surface area (Å²) in [7, 11) is 0. The molecule has 172 valence electrons. The van der Waals surface area contributed by atoms with Gasteiger partial charge in [0.15, 0.2) is 5.92 Å². The van der Waals surface area contributed by atoms with E-state index in [0.717, 1.165) is 27.7 Å². The van der Waals surface area contributed by atoms with E-state index in [2.05, 4.69) is 0 Å². The largest absolute Gasteiger partial charge is 0.465 e. The van der Waals surface area contributed by atoms with Crippen molar-refractivity contribution in [3.8, 4) is 0 Å². The molecule has 34 heavy (non-hydrogen) atoms. The Kier molecular flexibility index (Phi) is 5.88. The van der Waals surface area contributed by atoms with E-state index >= 15 is 0 Å². The number of amides is 1. The fourth-order valence-electron chi connectivity index (χ4n) is 4.71. The minimum absolute atomic E-state index is 0.213. The number of carbonyl (C=O) groups excluding carboxylic acids is 2. The van der Waals surface area contributed by atoms with E-state index in [1.54, 1.807) is 11.8 Å². The van der Waals surface area contributed by atoms with Gasteiger partial charge in [-0.2, -0.15) is 0 Å². The molecule has 3 aromatic carbocycles. The second-order valence-electron chi connectivity index (χ2n) is 8.58. The van der Waals surface area contributed by atoms with Crippen LogP contribution < -0.4 is 4.90 Å². The monoisotopic (exact) mass is 453 g/mol. The van der Waals surface area contributed by atoms with Gasteiger partial charge in [-0.3, -0.25) is 14.5 Å². The molecular weight excluding hydrogens is 426 g/mol. The van der Waals surface area contributed by atoms with E-state index in [0.29, 0.717) is 18.9 Å². The number of rotatable bonds is 6. The van der Waals surface area contributed by atoms with Crippen LogP contribution in [0.25, 0.3) is 11.0 Å². The Hall–Kier alpha value is -3.93. The van der Waals surface area contributed by atoms with Crippen LogP contribution in [0, 0.1) is 12.8 Å². The number of imidazole rings is 1. The third kappa shape index (κ3) is 3.85. The molecule has 0 fully saturated rings. The molecule has 0 bridgehead atoms. The summed E-state index contributed by atoms with van der Waals surface area (Å²) < 4.78 is 7.46. The summed E-state index contributed by atoms with van der Waals surface area (Å²) in [5.41, 5.74) is 4.78. The number of para-hydroxylation sites is 2. The number of aromatic nitrogens is 2. The topological polar surface area (TPSA) is 64.4 Å². The predicted octanol–water partition coefficient (Wildman–Crippen LogP) is 4.70. The Morgan fingerprint density at radius 2 is 1.68 bits per heavy atom. The summed E-state index contributed by atoms with van der Waals surface area (Å²) in [6, 6.07) is 25.3. The zero-order valence-electron chi connectivity index (χ0n) is 19.3. The third-order valence-electron chi connectivity index (χ3n) is 6.37. The van der Waals surface area contributed by atoms with Gasteiger partial charge in [-0.15, -0.1) is 0 Å². The Labute approximate surface area is 198 Å². The van der Waals surface area contributed by atoms with E-state index in [1.807, 2.05) is 90.4 Å². The highest BCUT2D eigenvalue weighted by atomic mass is 16.5. The molecule has 2 heterocycles. The van der Waals surface area contributed by atoms with Crippen LogP contribution in [-0.4, -0.2) is 34.6 Å². The van der Waals surface area contributed by atoms with Crippen LogP contribution in [0.2, 0.25) is 0 Å². The Morgan fingerprint density at radius 1 is 0.971 bits per heavy atom. The SMILES string of the molecule is CCOC(=O)[C@H]1C(=O)N(CCc2ccccc2)c2nc3ccccc3n2[C@@H]1c1ccc(C)cc1. The fraction of sp³-hybridized carbons (Fsp3) is 0.250. The molecule has 4 aromatic rings. The van der Waals surface area contributed by atoms with Crippen molar-refractivity contribution in [2.75, 3.05) is 18.1 Å². The highest BCUT2D eigenvalue weighted by Gasteiger charge is 2.47. The molecule has 0 radical (unpaired) electrons. The molecule has 1 aliphatic heterocycles. The number of esters is 1. The average Bonchev–Trinajstić information content (AvgIpc) is 3.23. The molecule has 0 aliphatic carbocycles. The summed E-state index contributed by atoms with van der Waals surface area (Å²) in [4.78, 5) is 33.7. The Balaban J connectivity index is 1.68. The van der Waals surface area contributed by atoms with Gasteiger partial charge in [0.1, 0.15) is 0 Å². The molecule has 0 unspecified atom stereocenters. The summed E-state index contributed by atoms with van der Waals surface area (Å²) in [6.07, 6.45) is 0.653. The number of anilines is 1. The van der Waals surface area contributed by atoms with Gasteiger partial charge in [0.05, 0.1) is 23.7 Å². The van der Waals surface area contributed by atoms with Crippen molar-refractivity contribution in [2.24, 2.45) is 5.92 Å². The summed E-state index contributed by atoms with van der Waals surface area (Å²) in [5, 5.41) is 0. The summed E-state index contributed by atoms with van der Waals surface area (Å²) in [6.45, 7) is 4.41. The van der Waals surface area contributed by atoms with Gasteiger partial charge in [0.2, 0.25) is 11.9 Å². The fourth-order valence-corrected chi connectivity index (χ4v) is 4.71. The maximum atomic E-state index is 13.9. The average molecular weight is 454 g/mol. The third-order valence-corrected chi connectivity index (χ3v) is 6.37. The number of carbonyl (C=O) groups is 2. The van der Waals surface area contributed by atoms with Gasteiger partial charge in [0.25, 0.3) is 0 Å². The maximum absolute atomic E-state index is 13.9. The molecular formula is C28H27N3O3. The lowest BCUT2D eigenvalue weighted by molar-refractivity contribution is -0.153. The molecule has 0 N–H and O–H groups in total. The van der Waals surface area contributed by atoms with Crippen molar-refractivity contribution in [2.45, 2.75) is 26.3 Å². The lowest BCUT2D eigenvalue weighted by Crippen LogP contribution is -2.50. The van der Waals surface area contributed by atoms with Crippen molar-refractivity contribution in [1.29, 1.82) is 0 Å². The van der Waals surface area contributed by atoms with Gasteiger partial charge in [0, 0.05) is 6.54 Å². The molecule has 2 atom stereocenters. The van der Waals surface area contributed by atoms with Gasteiger partial charge in [-0.05, 0) is 43.5 Å². The maximum Gasteiger partial charge on any atom is 0.321 e. The summed E-state index contributed by atoms with van der Waals surface area (Å²) >= 11 is 0. The normalized spacial score (nSPS) is 17.6. The van der Waals surface area contributed by atoms with E-state index < -0.39 is 17.9 Å². The second-order valence-corrected chi connectivity index (χ2v) is 8.58. The Bertz CT molecular complexity index is 1330. The van der Waals surface area contributed by atoms with Crippen molar-refractivity contribution in [3.05, 3.63) is 95.6 Å². The van der Waals surface area contributed by atoms with E-state index in [-0.39, 0.29) is 12.5 Å². The minimum Gasteiger partial charge on any atom is -0.465 e. The van der Waals surface area contributed by atoms with Crippen molar-refractivity contribution < 1.29 is 14.3 Å². The van der Waals surface area contributed by atoms with Gasteiger partial charge < -0.3 is 9.30 Å². The number of ether oxygens (including phenoxy) is 1. The minimum atomic E-state index is -0.997. The van der Waals surface area contributed by atoms with Crippen molar-refractivity contribution in [3.63, 3.8) is 0 Å². The number of aryl methyl sites for hydroxylation is 1. The van der Waals surface area contributed by atoms with Crippen molar-refractivity contribution >= 4 is 28.9 Å². The first kappa shape index (κ1) is 21.9. The second kappa shape index (κ2) is 9.14. The first-order valence-corrected chi connectivity index (χ1v) is 11.6. The van der Waals surface area contributed by atoms with Crippen molar-refractivity contribution in [1.82, 2.24) is 9.55 Å². The highest BCUT2D eigenvalue weighted by Crippen LogP contribution is 2.41. The molecule has 5 rings (SSSR count). The first-order valence-electron chi connectivity index (χ1n) is 11.6. The van der Waals surface area contributed by atoms with Crippen LogP contribution >= 0.6 is 0 Å². The number of hydrogen-bond donors (Lipinski definition) is 0. The predicted molar refractivity (Wildman–Crippen MR) is 132 cm³/mol. The molecule has 1 aliphatic rings. The quantitative estimate of drug-likeness (QED) is 0.314. The van der Waals surface area contributed by atoms with Crippen LogP contribution in [0.15, 0.2) is 78.9 Å². The summed E-state index contributed by atoms with van der Waals surface area (Å²) in [5.74, 6) is -1.22. The molecule has 6 heteroatoms. The van der Waals surface area contributed by atoms with Crippen LogP contribution in [0.1, 0.15) is 29.7 Å². The molecule has 1 amide bonds. The lowest BCUT2D eigenvalue weighted by Gasteiger charge is -2.38. The number of hydrogen-bond acceptors (Lipinski definition) is 4. The molecule has 0 saturated heterocycles. The molecule has 0 spiro atoms. The number of nitrogens with zero attached hydrogens (tertiary/aromatic N) is 3. The van der Waals surface area contributed by atoms with Crippen LogP contribution in [0.3, 0.4) is 0 Å². The molecule has 1 aromatic heterocycles. The van der Waals surface area contributed by atoms with Crippen LogP contribution in [-0.2, 0) is 20.7 Å². The number of benzene rings is 3. The van der Waals surface area contributed by atoms with Gasteiger partial charge >= 0.3 is 5.97 Å². The standard InChI is InChI=1S/C28H27N3O3/c1-3-34-27(33)24-25(21-15-13-19(2)14-16-21)31-23-12-8-7-11-22(23)29-28(31)30(26(24)32)18-17-20-9-5-4-6-10-20/h4-16,24-25H,3,17-18H2,1-2H3/t24-,25-/m1/s1. The van der Waals surface area contributed by atoms with Crippen LogP contribution in [0.5, 0.6) is 0 Å². The van der Waals surface area contributed by atoms with E-state index in [9.17, 15) is 9.59 Å². The first-order chi connectivity index (χ1) is 16.6. The lowest BCUT2D eigenvalue weighted by atomic mass is 9.89. The van der Waals surface area contributed by atoms with E-state index in [4.69, 9.17) is 9.72 Å². The molecule has 0 saturated carbocycles. The van der Waals surface area contributed by atoms with E-state index in [1.165, 1.54) is 0 Å². The van der Waals surface area contributed by atoms with Crippen LogP contribution in [0.4, 0.5) is 5.95 Å². The van der Waals surface area contributed by atoms with Gasteiger partial charge in [-0.1, -0.05) is 72.3 Å². The van der Waals surface area contributed by atoms with Gasteiger partial charge in [-0.25, -0.2) is 4.98 Å². The zero-order valence-corrected chi connectivity index (χ0v) is 19.3. The molecule has 6 nitrogen and oxygen atoms in total. The highest BCUT2D eigenvalue weighted by molar-refractivity contribution is 6.08.